The average molecular weight is 435 g/mol. The molecule has 2 aromatic carbocycles. The lowest BCUT2D eigenvalue weighted by atomic mass is 10.1. The monoisotopic (exact) mass is 435 g/mol. The number of thioether (sulfide) groups is 1. The van der Waals surface area contributed by atoms with Gasteiger partial charge in [-0.15, -0.1) is 0 Å². The number of ether oxygens (including phenoxy) is 1. The number of hydrogen-bond acceptors (Lipinski definition) is 6. The molecule has 1 N–H and O–H groups in total. The maximum atomic E-state index is 12.6. The number of carboxylic acid groups (broad SMARTS) is 1. The van der Waals surface area contributed by atoms with E-state index in [2.05, 4.69) is 0 Å². The molecule has 7 nitrogen and oxygen atoms in total. The van der Waals surface area contributed by atoms with E-state index in [1.807, 2.05) is 18.2 Å². The van der Waals surface area contributed by atoms with Gasteiger partial charge in [0.2, 0.25) is 0 Å². The molecule has 0 atom stereocenters. The molecule has 1 fully saturated rings. The van der Waals surface area contributed by atoms with Crippen molar-refractivity contribution in [3.63, 3.8) is 0 Å². The summed E-state index contributed by atoms with van der Waals surface area (Å²) in [5, 5.41) is 8.63. The van der Waals surface area contributed by atoms with Crippen LogP contribution in [0.15, 0.2) is 76.1 Å². The molecule has 0 radical (unpaired) electrons. The first-order chi connectivity index (χ1) is 15.0. The van der Waals surface area contributed by atoms with E-state index in [-0.39, 0.29) is 28.9 Å². The third-order valence-corrected chi connectivity index (χ3v) is 5.42. The highest BCUT2D eigenvalue weighted by molar-refractivity contribution is 8.18. The topological polar surface area (TPSA) is 97.0 Å². The van der Waals surface area contributed by atoms with E-state index >= 15 is 0 Å². The fourth-order valence-electron chi connectivity index (χ4n) is 2.96. The van der Waals surface area contributed by atoms with Crippen molar-refractivity contribution >= 4 is 35.0 Å². The summed E-state index contributed by atoms with van der Waals surface area (Å²) in [5.41, 5.74) is 0.885. The number of carbonyl (C=O) groups excluding carboxylic acids is 2. The van der Waals surface area contributed by atoms with E-state index in [0.29, 0.717) is 22.8 Å². The molecule has 0 bridgehead atoms. The van der Waals surface area contributed by atoms with Gasteiger partial charge in [0.25, 0.3) is 11.1 Å². The van der Waals surface area contributed by atoms with Crippen LogP contribution in [-0.2, 0) is 4.79 Å². The Hall–Kier alpha value is -3.78. The Bertz CT molecular complexity index is 1150. The molecule has 31 heavy (non-hydrogen) atoms. The highest BCUT2D eigenvalue weighted by Crippen LogP contribution is 2.33. The third-order valence-electron chi connectivity index (χ3n) is 4.52. The summed E-state index contributed by atoms with van der Waals surface area (Å²) < 4.78 is 11.3. The zero-order chi connectivity index (χ0) is 21.8. The molecule has 3 aromatic rings. The summed E-state index contributed by atoms with van der Waals surface area (Å²) in [6.45, 7) is 0.350. The van der Waals surface area contributed by atoms with Gasteiger partial charge in [-0.05, 0) is 48.2 Å². The smallest absolute Gasteiger partial charge is 0.335 e. The molecule has 0 aliphatic carbocycles. The van der Waals surface area contributed by atoms with Crippen LogP contribution < -0.4 is 4.74 Å². The van der Waals surface area contributed by atoms with Crippen LogP contribution in [0.3, 0.4) is 0 Å². The van der Waals surface area contributed by atoms with Crippen LogP contribution in [0.4, 0.5) is 4.79 Å². The molecule has 4 rings (SSSR count). The lowest BCUT2D eigenvalue weighted by Gasteiger charge is -2.13. The molecule has 2 heterocycles. The Labute approximate surface area is 181 Å². The minimum absolute atomic E-state index is 0.149. The Morgan fingerprint density at radius 2 is 1.77 bits per heavy atom. The molecule has 1 saturated heterocycles. The highest BCUT2D eigenvalue weighted by Gasteiger charge is 2.35. The van der Waals surface area contributed by atoms with Crippen molar-refractivity contribution in [1.82, 2.24) is 4.90 Å². The van der Waals surface area contributed by atoms with Gasteiger partial charge < -0.3 is 14.3 Å². The van der Waals surface area contributed by atoms with E-state index in [4.69, 9.17) is 14.3 Å². The van der Waals surface area contributed by atoms with Gasteiger partial charge in [0, 0.05) is 11.6 Å². The quantitative estimate of drug-likeness (QED) is 0.534. The molecule has 0 saturated carbocycles. The van der Waals surface area contributed by atoms with E-state index in [9.17, 15) is 14.4 Å². The predicted molar refractivity (Wildman–Crippen MR) is 116 cm³/mol. The van der Waals surface area contributed by atoms with Gasteiger partial charge in [0.15, 0.2) is 0 Å². The highest BCUT2D eigenvalue weighted by atomic mass is 32.2. The Balaban J connectivity index is 1.41. The summed E-state index contributed by atoms with van der Waals surface area (Å²) in [7, 11) is 0. The van der Waals surface area contributed by atoms with Crippen molar-refractivity contribution in [2.75, 3.05) is 13.2 Å². The minimum Gasteiger partial charge on any atom is -0.492 e. The van der Waals surface area contributed by atoms with Crippen LogP contribution in [0.1, 0.15) is 16.1 Å². The first kappa shape index (κ1) is 20.5. The number of imide groups is 1. The van der Waals surface area contributed by atoms with Crippen molar-refractivity contribution < 1.29 is 28.6 Å². The number of aromatic carboxylic acids is 1. The molecule has 1 aromatic heterocycles. The Kier molecular flexibility index (Phi) is 5.90. The number of carboxylic acids is 1. The Morgan fingerprint density at radius 3 is 2.48 bits per heavy atom. The Morgan fingerprint density at radius 1 is 1.03 bits per heavy atom. The van der Waals surface area contributed by atoms with Crippen molar-refractivity contribution in [3.8, 4) is 17.1 Å². The molecule has 0 spiro atoms. The lowest BCUT2D eigenvalue weighted by molar-refractivity contribution is -0.123. The molecule has 8 heteroatoms. The first-order valence-corrected chi connectivity index (χ1v) is 10.2. The zero-order valence-electron chi connectivity index (χ0n) is 16.2. The van der Waals surface area contributed by atoms with Crippen molar-refractivity contribution in [2.24, 2.45) is 0 Å². The summed E-state index contributed by atoms with van der Waals surface area (Å²) in [6.07, 6.45) is 1.53. The number of rotatable bonds is 7. The minimum atomic E-state index is -1.00. The number of hydrogen-bond donors (Lipinski definition) is 1. The van der Waals surface area contributed by atoms with Crippen LogP contribution in [0.25, 0.3) is 17.4 Å². The second-order valence-corrected chi connectivity index (χ2v) is 7.57. The average Bonchev–Trinajstić information content (AvgIpc) is 3.34. The van der Waals surface area contributed by atoms with Crippen molar-refractivity contribution in [1.29, 1.82) is 0 Å². The molecular formula is C23H17NO6S. The van der Waals surface area contributed by atoms with E-state index < -0.39 is 11.9 Å². The van der Waals surface area contributed by atoms with Gasteiger partial charge in [-0.3, -0.25) is 14.5 Å². The number of furan rings is 1. The summed E-state index contributed by atoms with van der Waals surface area (Å²) in [6, 6.07) is 18.8. The SMILES string of the molecule is O=C(O)c1ccc(-c2ccc(/C=C3\SC(=O)N(CCOc4ccccc4)C3=O)o2)cc1. The summed E-state index contributed by atoms with van der Waals surface area (Å²) in [5.74, 6) is 0.221. The van der Waals surface area contributed by atoms with Crippen LogP contribution in [0, 0.1) is 0 Å². The van der Waals surface area contributed by atoms with Gasteiger partial charge in [0.05, 0.1) is 17.0 Å². The lowest BCUT2D eigenvalue weighted by Crippen LogP contribution is -2.32. The third kappa shape index (κ3) is 4.70. The van der Waals surface area contributed by atoms with Crippen LogP contribution in [-0.4, -0.2) is 40.3 Å². The summed E-state index contributed by atoms with van der Waals surface area (Å²) >= 11 is 0.851. The number of para-hydroxylation sites is 1. The summed E-state index contributed by atoms with van der Waals surface area (Å²) in [4.78, 5) is 37.2. The normalized spacial score (nSPS) is 15.0. The van der Waals surface area contributed by atoms with Gasteiger partial charge >= 0.3 is 5.97 Å². The van der Waals surface area contributed by atoms with E-state index in [1.165, 1.54) is 18.2 Å². The fourth-order valence-corrected chi connectivity index (χ4v) is 3.80. The van der Waals surface area contributed by atoms with Gasteiger partial charge in [-0.25, -0.2) is 4.79 Å². The number of benzene rings is 2. The van der Waals surface area contributed by atoms with E-state index in [0.717, 1.165) is 16.7 Å². The van der Waals surface area contributed by atoms with Gasteiger partial charge in [-0.2, -0.15) is 0 Å². The molecule has 2 amide bonds. The largest absolute Gasteiger partial charge is 0.492 e. The molecule has 0 unspecified atom stereocenters. The zero-order valence-corrected chi connectivity index (χ0v) is 17.0. The molecule has 1 aliphatic rings. The second kappa shape index (κ2) is 8.93. The fraction of sp³-hybridized carbons (Fsp3) is 0.0870. The van der Waals surface area contributed by atoms with Gasteiger partial charge in [0.1, 0.15) is 23.9 Å². The predicted octanol–water partition coefficient (Wildman–Crippen LogP) is 4.76. The number of amides is 2. The number of nitrogens with zero attached hydrogens (tertiary/aromatic N) is 1. The molecule has 156 valence electrons. The maximum absolute atomic E-state index is 12.6. The van der Waals surface area contributed by atoms with Gasteiger partial charge in [-0.1, -0.05) is 30.3 Å². The number of carbonyl (C=O) groups is 3. The van der Waals surface area contributed by atoms with Crippen LogP contribution in [0.5, 0.6) is 5.75 Å². The second-order valence-electron chi connectivity index (χ2n) is 6.58. The maximum Gasteiger partial charge on any atom is 0.335 e. The van der Waals surface area contributed by atoms with E-state index in [1.54, 1.807) is 36.4 Å². The first-order valence-electron chi connectivity index (χ1n) is 9.38. The molecule has 1 aliphatic heterocycles. The van der Waals surface area contributed by atoms with Crippen molar-refractivity contribution in [2.45, 2.75) is 0 Å². The standard InChI is InChI=1S/C23H17NO6S/c25-21-20(31-23(28)24(21)12-13-29-17-4-2-1-3-5-17)14-18-10-11-19(30-18)15-6-8-16(9-7-15)22(26)27/h1-11,14H,12-13H2,(H,26,27)/b20-14-. The van der Waals surface area contributed by atoms with Crippen molar-refractivity contribution in [3.05, 3.63) is 83.0 Å². The molecular weight excluding hydrogens is 418 g/mol. The van der Waals surface area contributed by atoms with Crippen LogP contribution in [0.2, 0.25) is 0 Å². The van der Waals surface area contributed by atoms with Crippen LogP contribution >= 0.6 is 11.8 Å².